The molecule has 2 N–H and O–H groups in total. The van der Waals surface area contributed by atoms with Crippen LogP contribution in [0.5, 0.6) is 0 Å². The summed E-state index contributed by atoms with van der Waals surface area (Å²) in [7, 11) is 1.90. The molecule has 0 saturated carbocycles. The average molecular weight is 314 g/mol. The van der Waals surface area contributed by atoms with Crippen molar-refractivity contribution >= 4 is 35.0 Å². The number of hydrogen-bond donors (Lipinski definition) is 2. The molecule has 0 aliphatic carbocycles. The van der Waals surface area contributed by atoms with Crippen LogP contribution < -0.4 is 10.9 Å². The molecule has 0 radical (unpaired) electrons. The zero-order valence-corrected chi connectivity index (χ0v) is 13.0. The summed E-state index contributed by atoms with van der Waals surface area (Å²) < 4.78 is 0. The van der Waals surface area contributed by atoms with E-state index in [9.17, 15) is 0 Å². The maximum absolute atomic E-state index is 6.23. The van der Waals surface area contributed by atoms with Gasteiger partial charge in [-0.25, -0.2) is 10.4 Å². The summed E-state index contributed by atoms with van der Waals surface area (Å²) in [6.45, 7) is 3.42. The second-order valence-electron chi connectivity index (χ2n) is 4.40. The molecule has 7 heteroatoms. The lowest BCUT2D eigenvalue weighted by Crippen LogP contribution is -2.42. The molecule has 1 aromatic carbocycles. The van der Waals surface area contributed by atoms with Gasteiger partial charge in [-0.1, -0.05) is 36.2 Å². The molecular weight excluding hydrogens is 297 g/mol. The largest absolute Gasteiger partial charge is 0.339 e. The van der Waals surface area contributed by atoms with Crippen molar-refractivity contribution in [3.8, 4) is 0 Å². The Morgan fingerprint density at radius 2 is 2.00 bits per heavy atom. The predicted molar refractivity (Wildman–Crippen MR) is 84.5 cm³/mol. The second kappa shape index (κ2) is 6.92. The number of benzene rings is 1. The fourth-order valence-corrected chi connectivity index (χ4v) is 2.32. The van der Waals surface area contributed by atoms with Gasteiger partial charge in [0.05, 0.1) is 15.6 Å². The van der Waals surface area contributed by atoms with E-state index in [1.807, 2.05) is 18.0 Å². The first-order valence-corrected chi connectivity index (χ1v) is 7.16. The van der Waals surface area contributed by atoms with E-state index in [1.54, 1.807) is 12.1 Å². The molecule has 0 atom stereocenters. The van der Waals surface area contributed by atoms with Gasteiger partial charge in [-0.3, -0.25) is 5.43 Å². The van der Waals surface area contributed by atoms with E-state index in [-0.39, 0.29) is 0 Å². The molecule has 0 fully saturated rings. The van der Waals surface area contributed by atoms with Gasteiger partial charge in [0.25, 0.3) is 0 Å². The Morgan fingerprint density at radius 1 is 1.30 bits per heavy atom. The first-order valence-electron chi connectivity index (χ1n) is 6.41. The van der Waals surface area contributed by atoms with Crippen LogP contribution >= 0.6 is 23.2 Å². The highest BCUT2D eigenvalue weighted by Gasteiger charge is 2.20. The van der Waals surface area contributed by atoms with Crippen LogP contribution in [-0.2, 0) is 0 Å². The van der Waals surface area contributed by atoms with Gasteiger partial charge in [0.1, 0.15) is 12.5 Å². The molecule has 0 unspecified atom stereocenters. The van der Waals surface area contributed by atoms with Crippen molar-refractivity contribution in [2.75, 3.05) is 20.3 Å². The van der Waals surface area contributed by atoms with Crippen molar-refractivity contribution in [3.63, 3.8) is 0 Å². The number of rotatable bonds is 4. The van der Waals surface area contributed by atoms with Crippen molar-refractivity contribution in [1.29, 1.82) is 0 Å². The SMILES string of the molecule is CCCNNC1=NCN(C)C(c2c(Cl)cccc2Cl)=N1. The van der Waals surface area contributed by atoms with Crippen LogP contribution in [0.2, 0.25) is 10.0 Å². The summed E-state index contributed by atoms with van der Waals surface area (Å²) in [4.78, 5) is 10.7. The van der Waals surface area contributed by atoms with E-state index in [0.717, 1.165) is 18.5 Å². The number of aliphatic imine (C=N–C) groups is 2. The van der Waals surface area contributed by atoms with E-state index < -0.39 is 0 Å². The Labute approximate surface area is 128 Å². The first-order chi connectivity index (χ1) is 9.63. The van der Waals surface area contributed by atoms with Gasteiger partial charge in [-0.05, 0) is 18.6 Å². The Morgan fingerprint density at radius 3 is 2.65 bits per heavy atom. The van der Waals surface area contributed by atoms with E-state index in [0.29, 0.717) is 28.5 Å². The number of nitrogens with one attached hydrogen (secondary N) is 2. The molecule has 0 spiro atoms. The van der Waals surface area contributed by atoms with E-state index >= 15 is 0 Å². The van der Waals surface area contributed by atoms with Crippen LogP contribution in [0.3, 0.4) is 0 Å². The summed E-state index contributed by atoms with van der Waals surface area (Å²) in [5.74, 6) is 1.24. The van der Waals surface area contributed by atoms with Gasteiger partial charge in [-0.2, -0.15) is 4.99 Å². The molecule has 1 aliphatic rings. The molecule has 0 saturated heterocycles. The molecular formula is C13H17Cl2N5. The third-order valence-electron chi connectivity index (χ3n) is 2.77. The molecule has 5 nitrogen and oxygen atoms in total. The minimum Gasteiger partial charge on any atom is -0.339 e. The number of nitrogens with zero attached hydrogens (tertiary/aromatic N) is 3. The lowest BCUT2D eigenvalue weighted by atomic mass is 10.2. The van der Waals surface area contributed by atoms with Crippen LogP contribution in [0.4, 0.5) is 0 Å². The minimum atomic E-state index is 0.497. The third kappa shape index (κ3) is 3.42. The molecule has 0 amide bonds. The fraction of sp³-hybridized carbons (Fsp3) is 0.385. The maximum atomic E-state index is 6.23. The summed E-state index contributed by atoms with van der Waals surface area (Å²) in [6, 6.07) is 5.41. The minimum absolute atomic E-state index is 0.497. The smallest absolute Gasteiger partial charge is 0.236 e. The Kier molecular flexibility index (Phi) is 5.23. The van der Waals surface area contributed by atoms with Gasteiger partial charge in [0, 0.05) is 13.6 Å². The molecule has 0 aromatic heterocycles. The molecule has 20 heavy (non-hydrogen) atoms. The zero-order valence-electron chi connectivity index (χ0n) is 11.5. The molecule has 1 aliphatic heterocycles. The zero-order chi connectivity index (χ0) is 14.5. The van der Waals surface area contributed by atoms with Crippen LogP contribution in [-0.4, -0.2) is 37.0 Å². The van der Waals surface area contributed by atoms with E-state index in [1.165, 1.54) is 0 Å². The van der Waals surface area contributed by atoms with Crippen LogP contribution in [0.15, 0.2) is 28.2 Å². The normalized spacial score (nSPS) is 14.9. The van der Waals surface area contributed by atoms with Gasteiger partial charge in [0.2, 0.25) is 5.96 Å². The van der Waals surface area contributed by atoms with Crippen LogP contribution in [0.25, 0.3) is 0 Å². The van der Waals surface area contributed by atoms with Crippen molar-refractivity contribution < 1.29 is 0 Å². The van der Waals surface area contributed by atoms with Gasteiger partial charge < -0.3 is 4.90 Å². The van der Waals surface area contributed by atoms with Crippen molar-refractivity contribution in [2.24, 2.45) is 9.98 Å². The van der Waals surface area contributed by atoms with E-state index in [2.05, 4.69) is 27.8 Å². The van der Waals surface area contributed by atoms with Gasteiger partial charge >= 0.3 is 0 Å². The number of guanidine groups is 1. The summed E-state index contributed by atoms with van der Waals surface area (Å²) in [5, 5.41) is 1.15. The van der Waals surface area contributed by atoms with Gasteiger partial charge in [-0.15, -0.1) is 0 Å². The molecule has 2 rings (SSSR count). The quantitative estimate of drug-likeness (QED) is 0.663. The summed E-state index contributed by atoms with van der Waals surface area (Å²) in [5.41, 5.74) is 6.75. The first kappa shape index (κ1) is 15.1. The molecule has 1 heterocycles. The van der Waals surface area contributed by atoms with Gasteiger partial charge in [0.15, 0.2) is 0 Å². The number of hydrogen-bond acceptors (Lipinski definition) is 5. The Bertz CT molecular complexity index is 521. The van der Waals surface area contributed by atoms with Crippen molar-refractivity contribution in [1.82, 2.24) is 15.8 Å². The fourth-order valence-electron chi connectivity index (χ4n) is 1.75. The highest BCUT2D eigenvalue weighted by molar-refractivity contribution is 6.40. The predicted octanol–water partition coefficient (Wildman–Crippen LogP) is 2.50. The van der Waals surface area contributed by atoms with Crippen molar-refractivity contribution in [3.05, 3.63) is 33.8 Å². The van der Waals surface area contributed by atoms with Crippen LogP contribution in [0.1, 0.15) is 18.9 Å². The lowest BCUT2D eigenvalue weighted by molar-refractivity contribution is 0.509. The third-order valence-corrected chi connectivity index (χ3v) is 3.40. The monoisotopic (exact) mass is 313 g/mol. The topological polar surface area (TPSA) is 52.0 Å². The number of amidine groups is 1. The maximum Gasteiger partial charge on any atom is 0.236 e. The molecule has 0 bridgehead atoms. The standard InChI is InChI=1S/C13H17Cl2N5/c1-3-7-17-19-13-16-8-20(2)12(18-13)11-9(14)5-4-6-10(11)15/h4-6,17H,3,7-8H2,1-2H3,(H,16,19). The second-order valence-corrected chi connectivity index (χ2v) is 5.22. The van der Waals surface area contributed by atoms with Crippen molar-refractivity contribution in [2.45, 2.75) is 13.3 Å². The highest BCUT2D eigenvalue weighted by Crippen LogP contribution is 2.26. The Hall–Kier alpha value is -1.30. The average Bonchev–Trinajstić information content (AvgIpc) is 2.42. The lowest BCUT2D eigenvalue weighted by Gasteiger charge is -2.25. The highest BCUT2D eigenvalue weighted by atomic mass is 35.5. The summed E-state index contributed by atoms with van der Waals surface area (Å²) in [6.07, 6.45) is 1.02. The number of hydrazine groups is 1. The summed E-state index contributed by atoms with van der Waals surface area (Å²) >= 11 is 12.5. The molecule has 1 aromatic rings. The Balaban J connectivity index is 2.26. The van der Waals surface area contributed by atoms with Crippen LogP contribution in [0, 0.1) is 0 Å². The van der Waals surface area contributed by atoms with E-state index in [4.69, 9.17) is 23.2 Å². The number of halogens is 2. The molecule has 108 valence electrons.